The Balaban J connectivity index is 1.29. The van der Waals surface area contributed by atoms with Crippen LogP contribution in [0.1, 0.15) is 42.9 Å². The number of hydrogen-bond donors (Lipinski definition) is 1. The average molecular weight is 503 g/mol. The van der Waals surface area contributed by atoms with Crippen LogP contribution in [0.25, 0.3) is 5.57 Å². The molecule has 0 spiro atoms. The van der Waals surface area contributed by atoms with Crippen molar-refractivity contribution in [1.29, 1.82) is 0 Å². The molecule has 0 fully saturated rings. The van der Waals surface area contributed by atoms with Crippen LogP contribution in [-0.2, 0) is 11.2 Å². The highest BCUT2D eigenvalue weighted by Gasteiger charge is 2.16. The standard InChI is InChI=1S/C34H34N2O2/c1-2-9-34(37)35-33-19-16-30(25-29(33)24-26-10-5-3-6-11-26)36-22-20-28(21-23-36)27-14-17-32(18-15-27)38-31-12-7-4-8-13-31/h3-8,10-20,25H,2,9,21-24H2,1H3,(H,35,37). The number of carbonyl (C=O) groups excluding carboxylic acids is 1. The Bertz CT molecular complexity index is 1380. The minimum absolute atomic E-state index is 0.0697. The fourth-order valence-electron chi connectivity index (χ4n) is 4.83. The minimum atomic E-state index is 0.0697. The molecule has 0 radical (unpaired) electrons. The Kier molecular flexibility index (Phi) is 8.19. The van der Waals surface area contributed by atoms with Gasteiger partial charge in [0.15, 0.2) is 0 Å². The van der Waals surface area contributed by atoms with Crippen LogP contribution in [0.5, 0.6) is 11.5 Å². The number of hydrogen-bond acceptors (Lipinski definition) is 3. The summed E-state index contributed by atoms with van der Waals surface area (Å²) in [5.74, 6) is 1.76. The zero-order chi connectivity index (χ0) is 26.2. The van der Waals surface area contributed by atoms with E-state index in [1.165, 1.54) is 22.4 Å². The second kappa shape index (κ2) is 12.3. The number of amides is 1. The third-order valence-corrected chi connectivity index (χ3v) is 6.86. The van der Waals surface area contributed by atoms with Crippen LogP contribution in [0.2, 0.25) is 0 Å². The second-order valence-corrected chi connectivity index (χ2v) is 9.67. The number of para-hydroxylation sites is 1. The molecule has 4 aromatic rings. The van der Waals surface area contributed by atoms with Gasteiger partial charge in [0.05, 0.1) is 0 Å². The highest BCUT2D eigenvalue weighted by atomic mass is 16.5. The summed E-state index contributed by atoms with van der Waals surface area (Å²) in [5.41, 5.74) is 7.07. The summed E-state index contributed by atoms with van der Waals surface area (Å²) < 4.78 is 5.94. The molecule has 0 atom stereocenters. The maximum Gasteiger partial charge on any atom is 0.224 e. The van der Waals surface area contributed by atoms with E-state index in [9.17, 15) is 4.79 Å². The summed E-state index contributed by atoms with van der Waals surface area (Å²) in [6.45, 7) is 3.82. The lowest BCUT2D eigenvalue weighted by molar-refractivity contribution is -0.116. The second-order valence-electron chi connectivity index (χ2n) is 9.67. The summed E-state index contributed by atoms with van der Waals surface area (Å²) in [6.07, 6.45) is 5.45. The van der Waals surface area contributed by atoms with Crippen molar-refractivity contribution in [3.63, 3.8) is 0 Å². The molecule has 1 aliphatic rings. The molecule has 1 heterocycles. The van der Waals surface area contributed by atoms with Gasteiger partial charge in [-0.3, -0.25) is 4.79 Å². The van der Waals surface area contributed by atoms with Gasteiger partial charge in [-0.1, -0.05) is 73.7 Å². The molecule has 0 unspecified atom stereocenters. The first kappa shape index (κ1) is 25.3. The number of rotatable bonds is 9. The molecule has 1 amide bonds. The normalized spacial score (nSPS) is 13.1. The van der Waals surface area contributed by atoms with E-state index in [0.29, 0.717) is 6.42 Å². The van der Waals surface area contributed by atoms with Crippen LogP contribution in [0.15, 0.2) is 109 Å². The van der Waals surface area contributed by atoms with Gasteiger partial charge >= 0.3 is 0 Å². The Morgan fingerprint density at radius 1 is 0.868 bits per heavy atom. The van der Waals surface area contributed by atoms with Crippen molar-refractivity contribution in [2.75, 3.05) is 23.3 Å². The van der Waals surface area contributed by atoms with Crippen molar-refractivity contribution in [2.45, 2.75) is 32.6 Å². The lowest BCUT2D eigenvalue weighted by Crippen LogP contribution is -2.28. The number of benzene rings is 4. The van der Waals surface area contributed by atoms with E-state index in [1.54, 1.807) is 0 Å². The van der Waals surface area contributed by atoms with Crippen LogP contribution in [-0.4, -0.2) is 19.0 Å². The zero-order valence-electron chi connectivity index (χ0n) is 21.9. The minimum Gasteiger partial charge on any atom is -0.457 e. The third-order valence-electron chi connectivity index (χ3n) is 6.86. The van der Waals surface area contributed by atoms with Gasteiger partial charge in [-0.25, -0.2) is 0 Å². The van der Waals surface area contributed by atoms with Crippen LogP contribution >= 0.6 is 0 Å². The van der Waals surface area contributed by atoms with Gasteiger partial charge in [-0.15, -0.1) is 0 Å². The predicted molar refractivity (Wildman–Crippen MR) is 157 cm³/mol. The van der Waals surface area contributed by atoms with Crippen molar-refractivity contribution in [1.82, 2.24) is 0 Å². The first-order chi connectivity index (χ1) is 18.7. The van der Waals surface area contributed by atoms with Gasteiger partial charge in [0.25, 0.3) is 0 Å². The maximum absolute atomic E-state index is 12.3. The molecule has 1 N–H and O–H groups in total. The summed E-state index contributed by atoms with van der Waals surface area (Å²) in [7, 11) is 0. The molecule has 1 aliphatic heterocycles. The van der Waals surface area contributed by atoms with Gasteiger partial charge in [0.2, 0.25) is 5.91 Å². The number of nitrogens with one attached hydrogen (secondary N) is 1. The Morgan fingerprint density at radius 2 is 1.58 bits per heavy atom. The fraction of sp³-hybridized carbons (Fsp3) is 0.206. The molecule has 0 aliphatic carbocycles. The van der Waals surface area contributed by atoms with Gasteiger partial charge in [0, 0.05) is 30.9 Å². The van der Waals surface area contributed by atoms with Crippen LogP contribution in [0, 0.1) is 0 Å². The molecule has 0 bridgehead atoms. The zero-order valence-corrected chi connectivity index (χ0v) is 21.9. The molecule has 0 saturated carbocycles. The van der Waals surface area contributed by atoms with Crippen molar-refractivity contribution in [3.8, 4) is 11.5 Å². The summed E-state index contributed by atoms with van der Waals surface area (Å²) in [6, 6.07) is 35.1. The maximum atomic E-state index is 12.3. The van der Waals surface area contributed by atoms with E-state index in [4.69, 9.17) is 4.74 Å². The molecule has 5 rings (SSSR count). The van der Waals surface area contributed by atoms with E-state index >= 15 is 0 Å². The number of carbonyl (C=O) groups is 1. The number of anilines is 2. The summed E-state index contributed by atoms with van der Waals surface area (Å²) in [4.78, 5) is 14.8. The molecule has 192 valence electrons. The van der Waals surface area contributed by atoms with E-state index in [2.05, 4.69) is 70.9 Å². The molecular formula is C34H34N2O2. The lowest BCUT2D eigenvalue weighted by Gasteiger charge is -2.29. The highest BCUT2D eigenvalue weighted by molar-refractivity contribution is 5.92. The van der Waals surface area contributed by atoms with Gasteiger partial charge in [0.1, 0.15) is 11.5 Å². The molecule has 4 nitrogen and oxygen atoms in total. The largest absolute Gasteiger partial charge is 0.457 e. The van der Waals surface area contributed by atoms with E-state index in [-0.39, 0.29) is 5.91 Å². The SMILES string of the molecule is CCCC(=O)Nc1ccc(N2CC=C(c3ccc(Oc4ccccc4)cc3)CC2)cc1Cc1ccccc1. The van der Waals surface area contributed by atoms with E-state index in [1.807, 2.05) is 55.5 Å². The van der Waals surface area contributed by atoms with Crippen LogP contribution in [0.4, 0.5) is 11.4 Å². The first-order valence-corrected chi connectivity index (χ1v) is 13.4. The van der Waals surface area contributed by atoms with E-state index in [0.717, 1.165) is 55.1 Å². The summed E-state index contributed by atoms with van der Waals surface area (Å²) in [5, 5.41) is 3.13. The average Bonchev–Trinajstić information content (AvgIpc) is 2.96. The van der Waals surface area contributed by atoms with Gasteiger partial charge in [-0.2, -0.15) is 0 Å². The molecule has 0 aromatic heterocycles. The van der Waals surface area contributed by atoms with Gasteiger partial charge < -0.3 is 15.0 Å². The number of nitrogens with zero attached hydrogens (tertiary/aromatic N) is 1. The molecule has 0 saturated heterocycles. The Morgan fingerprint density at radius 3 is 2.26 bits per heavy atom. The van der Waals surface area contributed by atoms with Crippen molar-refractivity contribution >= 4 is 22.9 Å². The molecule has 38 heavy (non-hydrogen) atoms. The summed E-state index contributed by atoms with van der Waals surface area (Å²) >= 11 is 0. The Labute approximate surface area is 225 Å². The van der Waals surface area contributed by atoms with Crippen molar-refractivity contribution < 1.29 is 9.53 Å². The molecular weight excluding hydrogens is 468 g/mol. The van der Waals surface area contributed by atoms with Crippen LogP contribution < -0.4 is 15.0 Å². The highest BCUT2D eigenvalue weighted by Crippen LogP contribution is 2.31. The van der Waals surface area contributed by atoms with Crippen molar-refractivity contribution in [3.05, 3.63) is 126 Å². The number of ether oxygens (including phenoxy) is 1. The topological polar surface area (TPSA) is 41.6 Å². The Hall–Kier alpha value is -4.31. The quantitative estimate of drug-likeness (QED) is 0.251. The predicted octanol–water partition coefficient (Wildman–Crippen LogP) is 8.10. The molecule has 4 heteroatoms. The van der Waals surface area contributed by atoms with Gasteiger partial charge in [-0.05, 0) is 84.0 Å². The molecule has 4 aromatic carbocycles. The monoisotopic (exact) mass is 502 g/mol. The van der Waals surface area contributed by atoms with Crippen LogP contribution in [0.3, 0.4) is 0 Å². The third kappa shape index (κ3) is 6.51. The lowest BCUT2D eigenvalue weighted by atomic mass is 9.98. The smallest absolute Gasteiger partial charge is 0.224 e. The fourth-order valence-corrected chi connectivity index (χ4v) is 4.83. The van der Waals surface area contributed by atoms with Crippen molar-refractivity contribution in [2.24, 2.45) is 0 Å². The van der Waals surface area contributed by atoms with E-state index < -0.39 is 0 Å². The first-order valence-electron chi connectivity index (χ1n) is 13.4.